The summed E-state index contributed by atoms with van der Waals surface area (Å²) < 4.78 is 1.78. The standard InChI is InChI=1S/C14H24N4O/c1-4-18(10-12-8-16-17(3)9-12)14(19)13-5-6-15-11(2)7-13/h8-9,11,13,15H,4-7,10H2,1-3H3/t11-,13-/m0/s1. The average molecular weight is 264 g/mol. The summed E-state index contributed by atoms with van der Waals surface area (Å²) in [5.41, 5.74) is 1.10. The molecule has 1 N–H and O–H groups in total. The molecule has 5 heteroatoms. The Morgan fingerprint density at radius 2 is 2.42 bits per heavy atom. The Kier molecular flexibility index (Phi) is 4.58. The maximum atomic E-state index is 12.6. The second-order valence-electron chi connectivity index (χ2n) is 5.45. The molecule has 0 saturated carbocycles. The van der Waals surface area contributed by atoms with Gasteiger partial charge in [0.25, 0.3) is 0 Å². The van der Waals surface area contributed by atoms with Crippen LogP contribution in [0.25, 0.3) is 0 Å². The summed E-state index contributed by atoms with van der Waals surface area (Å²) in [4.78, 5) is 14.5. The fraction of sp³-hybridized carbons (Fsp3) is 0.714. The zero-order valence-electron chi connectivity index (χ0n) is 12.1. The van der Waals surface area contributed by atoms with Crippen molar-refractivity contribution in [3.8, 4) is 0 Å². The van der Waals surface area contributed by atoms with Gasteiger partial charge in [0.1, 0.15) is 0 Å². The Morgan fingerprint density at radius 3 is 3.00 bits per heavy atom. The molecule has 5 nitrogen and oxygen atoms in total. The molecule has 0 aliphatic carbocycles. The third-order valence-corrected chi connectivity index (χ3v) is 3.80. The lowest BCUT2D eigenvalue weighted by Gasteiger charge is -2.31. The first-order valence-electron chi connectivity index (χ1n) is 7.09. The van der Waals surface area contributed by atoms with E-state index >= 15 is 0 Å². The van der Waals surface area contributed by atoms with E-state index in [2.05, 4.69) is 17.3 Å². The molecule has 0 radical (unpaired) electrons. The first-order valence-corrected chi connectivity index (χ1v) is 7.09. The molecule has 2 heterocycles. The van der Waals surface area contributed by atoms with Crippen molar-refractivity contribution in [1.29, 1.82) is 0 Å². The van der Waals surface area contributed by atoms with Gasteiger partial charge in [0.15, 0.2) is 0 Å². The molecule has 106 valence electrons. The molecule has 1 amide bonds. The molecule has 0 unspecified atom stereocenters. The molecule has 1 saturated heterocycles. The van der Waals surface area contributed by atoms with Gasteiger partial charge in [0.2, 0.25) is 5.91 Å². The Morgan fingerprint density at radius 1 is 1.63 bits per heavy atom. The van der Waals surface area contributed by atoms with Crippen molar-refractivity contribution in [2.45, 2.75) is 39.3 Å². The van der Waals surface area contributed by atoms with Gasteiger partial charge in [-0.25, -0.2) is 0 Å². The number of nitrogens with zero attached hydrogens (tertiary/aromatic N) is 3. The number of rotatable bonds is 4. The van der Waals surface area contributed by atoms with Crippen LogP contribution in [0.1, 0.15) is 32.3 Å². The van der Waals surface area contributed by atoms with Gasteiger partial charge in [-0.1, -0.05) is 0 Å². The molecule has 1 aromatic heterocycles. The number of piperidine rings is 1. The van der Waals surface area contributed by atoms with Crippen molar-refractivity contribution in [2.24, 2.45) is 13.0 Å². The number of aromatic nitrogens is 2. The third-order valence-electron chi connectivity index (χ3n) is 3.80. The molecule has 0 spiro atoms. The van der Waals surface area contributed by atoms with Crippen LogP contribution in [0.3, 0.4) is 0 Å². The Hall–Kier alpha value is -1.36. The predicted octanol–water partition coefficient (Wildman–Crippen LogP) is 1.16. The summed E-state index contributed by atoms with van der Waals surface area (Å²) in [6, 6.07) is 0.444. The van der Waals surface area contributed by atoms with Gasteiger partial charge < -0.3 is 10.2 Å². The lowest BCUT2D eigenvalue weighted by molar-refractivity contribution is -0.137. The highest BCUT2D eigenvalue weighted by Crippen LogP contribution is 2.19. The predicted molar refractivity (Wildman–Crippen MR) is 74.5 cm³/mol. The van der Waals surface area contributed by atoms with Crippen LogP contribution in [0.2, 0.25) is 0 Å². The van der Waals surface area contributed by atoms with E-state index in [9.17, 15) is 4.79 Å². The third kappa shape index (κ3) is 3.56. The molecular formula is C14H24N4O. The molecule has 2 atom stereocenters. The lowest BCUT2D eigenvalue weighted by atomic mass is 9.92. The van der Waals surface area contributed by atoms with Crippen LogP contribution < -0.4 is 5.32 Å². The monoisotopic (exact) mass is 264 g/mol. The van der Waals surface area contributed by atoms with Crippen LogP contribution in [0.15, 0.2) is 12.4 Å². The van der Waals surface area contributed by atoms with Gasteiger partial charge in [0, 0.05) is 43.9 Å². The normalized spacial score (nSPS) is 23.3. The molecule has 19 heavy (non-hydrogen) atoms. The molecule has 1 aliphatic heterocycles. The minimum absolute atomic E-state index is 0.174. The van der Waals surface area contributed by atoms with E-state index in [4.69, 9.17) is 0 Å². The van der Waals surface area contributed by atoms with E-state index in [1.807, 2.05) is 31.3 Å². The van der Waals surface area contributed by atoms with Crippen LogP contribution in [0.5, 0.6) is 0 Å². The van der Waals surface area contributed by atoms with Gasteiger partial charge in [-0.2, -0.15) is 5.10 Å². The number of nitrogens with one attached hydrogen (secondary N) is 1. The summed E-state index contributed by atoms with van der Waals surface area (Å²) in [7, 11) is 1.90. The molecule has 0 bridgehead atoms. The SMILES string of the molecule is CCN(Cc1cnn(C)c1)C(=O)[C@H]1CCN[C@@H](C)C1. The van der Waals surface area contributed by atoms with Gasteiger partial charge in [-0.05, 0) is 33.2 Å². The van der Waals surface area contributed by atoms with E-state index in [0.717, 1.165) is 31.5 Å². The number of amides is 1. The van der Waals surface area contributed by atoms with Crippen LogP contribution >= 0.6 is 0 Å². The van der Waals surface area contributed by atoms with Gasteiger partial charge in [-0.15, -0.1) is 0 Å². The van der Waals surface area contributed by atoms with Gasteiger partial charge >= 0.3 is 0 Å². The number of hydrogen-bond donors (Lipinski definition) is 1. The van der Waals surface area contributed by atoms with Crippen molar-refractivity contribution in [3.05, 3.63) is 18.0 Å². The second kappa shape index (κ2) is 6.19. The highest BCUT2D eigenvalue weighted by atomic mass is 16.2. The summed E-state index contributed by atoms with van der Waals surface area (Å²) >= 11 is 0. The fourth-order valence-electron chi connectivity index (χ4n) is 2.73. The van der Waals surface area contributed by atoms with Crippen LogP contribution in [0.4, 0.5) is 0 Å². The fourth-order valence-corrected chi connectivity index (χ4v) is 2.73. The van der Waals surface area contributed by atoms with Crippen LogP contribution in [-0.4, -0.2) is 39.7 Å². The van der Waals surface area contributed by atoms with E-state index in [1.165, 1.54) is 0 Å². The maximum Gasteiger partial charge on any atom is 0.226 e. The van der Waals surface area contributed by atoms with Crippen LogP contribution in [-0.2, 0) is 18.4 Å². The van der Waals surface area contributed by atoms with E-state index in [1.54, 1.807) is 4.68 Å². The molecular weight excluding hydrogens is 240 g/mol. The number of carbonyl (C=O) groups excluding carboxylic acids is 1. The van der Waals surface area contributed by atoms with Crippen molar-refractivity contribution >= 4 is 5.91 Å². The topological polar surface area (TPSA) is 50.2 Å². The molecule has 1 aromatic rings. The van der Waals surface area contributed by atoms with Crippen LogP contribution in [0, 0.1) is 5.92 Å². The Balaban J connectivity index is 1.98. The number of carbonyl (C=O) groups is 1. The van der Waals surface area contributed by atoms with Gasteiger partial charge in [0.05, 0.1) is 6.20 Å². The van der Waals surface area contributed by atoms with Gasteiger partial charge in [-0.3, -0.25) is 9.48 Å². The Bertz CT molecular complexity index is 429. The first kappa shape index (κ1) is 14.1. The highest BCUT2D eigenvalue weighted by Gasteiger charge is 2.28. The quantitative estimate of drug-likeness (QED) is 0.887. The van der Waals surface area contributed by atoms with E-state index in [0.29, 0.717) is 18.5 Å². The molecule has 2 rings (SSSR count). The van der Waals surface area contributed by atoms with E-state index in [-0.39, 0.29) is 5.92 Å². The zero-order valence-corrected chi connectivity index (χ0v) is 12.1. The molecule has 0 aromatic carbocycles. The summed E-state index contributed by atoms with van der Waals surface area (Å²) in [6.07, 6.45) is 5.71. The Labute approximate surface area is 115 Å². The lowest BCUT2D eigenvalue weighted by Crippen LogP contribution is -2.43. The van der Waals surface area contributed by atoms with E-state index < -0.39 is 0 Å². The smallest absolute Gasteiger partial charge is 0.226 e. The van der Waals surface area contributed by atoms with Crippen molar-refractivity contribution in [3.63, 3.8) is 0 Å². The zero-order chi connectivity index (χ0) is 13.8. The number of hydrogen-bond acceptors (Lipinski definition) is 3. The number of aryl methyl sites for hydroxylation is 1. The average Bonchev–Trinajstić information content (AvgIpc) is 2.81. The maximum absolute atomic E-state index is 12.6. The van der Waals surface area contributed by atoms with Crippen molar-refractivity contribution < 1.29 is 4.79 Å². The van der Waals surface area contributed by atoms with Crippen molar-refractivity contribution in [2.75, 3.05) is 13.1 Å². The van der Waals surface area contributed by atoms with Crippen molar-refractivity contribution in [1.82, 2.24) is 20.0 Å². The minimum Gasteiger partial charge on any atom is -0.338 e. The molecule has 1 aliphatic rings. The second-order valence-corrected chi connectivity index (χ2v) is 5.45. The minimum atomic E-state index is 0.174. The molecule has 1 fully saturated rings. The summed E-state index contributed by atoms with van der Waals surface area (Å²) in [5.74, 6) is 0.465. The summed E-state index contributed by atoms with van der Waals surface area (Å²) in [6.45, 7) is 6.56. The summed E-state index contributed by atoms with van der Waals surface area (Å²) in [5, 5.41) is 7.55. The highest BCUT2D eigenvalue weighted by molar-refractivity contribution is 5.79. The largest absolute Gasteiger partial charge is 0.338 e. The first-order chi connectivity index (χ1) is 9.10.